The maximum Gasteiger partial charge on any atom is 0.297 e. The summed E-state index contributed by atoms with van der Waals surface area (Å²) < 4.78 is 5.23. The first kappa shape index (κ1) is 16.1. The molecule has 0 unspecified atom stereocenters. The van der Waals surface area contributed by atoms with Crippen LogP contribution in [0.3, 0.4) is 0 Å². The van der Waals surface area contributed by atoms with Gasteiger partial charge in [0, 0.05) is 28.4 Å². The van der Waals surface area contributed by atoms with E-state index in [0.717, 1.165) is 5.39 Å². The normalized spacial score (nSPS) is 12.1. The maximum absolute atomic E-state index is 12.3. The maximum atomic E-state index is 12.3. The molecule has 7 nitrogen and oxygen atoms in total. The van der Waals surface area contributed by atoms with Gasteiger partial charge in [0.05, 0.1) is 6.04 Å². The van der Waals surface area contributed by atoms with Crippen molar-refractivity contribution in [1.29, 1.82) is 0 Å². The summed E-state index contributed by atoms with van der Waals surface area (Å²) in [5.74, 6) is 0.0575. The van der Waals surface area contributed by atoms with Crippen LogP contribution in [0, 0.1) is 0 Å². The van der Waals surface area contributed by atoms with E-state index < -0.39 is 0 Å². The fourth-order valence-electron chi connectivity index (χ4n) is 2.36. The summed E-state index contributed by atoms with van der Waals surface area (Å²) in [5.41, 5.74) is 1.02. The van der Waals surface area contributed by atoms with Gasteiger partial charge in [0.15, 0.2) is 5.82 Å². The lowest BCUT2D eigenvalue weighted by Crippen LogP contribution is -2.19. The van der Waals surface area contributed by atoms with Gasteiger partial charge in [0.1, 0.15) is 6.26 Å². The van der Waals surface area contributed by atoms with E-state index in [0.29, 0.717) is 21.9 Å². The van der Waals surface area contributed by atoms with Crippen LogP contribution in [0.25, 0.3) is 10.9 Å². The molecule has 1 atom stereocenters. The van der Waals surface area contributed by atoms with Crippen molar-refractivity contribution in [1.82, 2.24) is 9.97 Å². The van der Waals surface area contributed by atoms with E-state index in [1.165, 1.54) is 13.2 Å². The summed E-state index contributed by atoms with van der Waals surface area (Å²) in [6.07, 6.45) is 1.32. The number of carbonyl (C=O) groups excluding carboxylic acids is 1. The molecule has 124 valence electrons. The fourth-order valence-corrected chi connectivity index (χ4v) is 2.54. The number of H-pyrrole nitrogens is 1. The average Bonchev–Trinajstić information content (AvgIpc) is 2.93. The molecule has 0 aliphatic carbocycles. The number of nitrogens with zero attached hydrogens (tertiary/aromatic N) is 1. The molecule has 0 saturated carbocycles. The summed E-state index contributed by atoms with van der Waals surface area (Å²) in [5, 5.41) is 6.93. The molecule has 0 aliphatic heterocycles. The van der Waals surface area contributed by atoms with Gasteiger partial charge in [0.25, 0.3) is 11.6 Å². The number of oxazole rings is 1. The Morgan fingerprint density at radius 1 is 1.38 bits per heavy atom. The smallest absolute Gasteiger partial charge is 0.297 e. The van der Waals surface area contributed by atoms with E-state index in [4.69, 9.17) is 16.0 Å². The highest BCUT2D eigenvalue weighted by Crippen LogP contribution is 2.22. The van der Waals surface area contributed by atoms with E-state index in [2.05, 4.69) is 20.6 Å². The van der Waals surface area contributed by atoms with Crippen LogP contribution in [0.15, 0.2) is 39.7 Å². The van der Waals surface area contributed by atoms with Crippen LogP contribution in [0.4, 0.5) is 11.8 Å². The molecule has 1 aromatic carbocycles. The molecule has 2 aromatic heterocycles. The molecule has 3 aromatic rings. The number of rotatable bonds is 4. The number of halogens is 1. The van der Waals surface area contributed by atoms with Gasteiger partial charge in [-0.15, -0.1) is 0 Å². The van der Waals surface area contributed by atoms with Crippen molar-refractivity contribution < 1.29 is 9.21 Å². The average molecular weight is 347 g/mol. The molecule has 8 heteroatoms. The number of amides is 1. The molecular formula is C16H15ClN4O3. The molecule has 0 saturated heterocycles. The Morgan fingerprint density at radius 3 is 2.92 bits per heavy atom. The van der Waals surface area contributed by atoms with E-state index >= 15 is 0 Å². The molecule has 0 spiro atoms. The molecule has 1 amide bonds. The van der Waals surface area contributed by atoms with Crippen molar-refractivity contribution in [2.75, 3.05) is 10.6 Å². The van der Waals surface area contributed by atoms with Crippen LogP contribution in [-0.2, 0) is 4.79 Å². The highest BCUT2D eigenvalue weighted by atomic mass is 35.5. The second-order valence-corrected chi connectivity index (χ2v) is 5.81. The Morgan fingerprint density at radius 2 is 2.17 bits per heavy atom. The zero-order valence-corrected chi connectivity index (χ0v) is 13.8. The van der Waals surface area contributed by atoms with Crippen LogP contribution in [0.5, 0.6) is 0 Å². The van der Waals surface area contributed by atoms with Crippen LogP contribution in [0.2, 0.25) is 5.02 Å². The topological polar surface area (TPSA) is 100 Å². The number of benzene rings is 1. The van der Waals surface area contributed by atoms with Crippen LogP contribution in [-0.4, -0.2) is 15.9 Å². The summed E-state index contributed by atoms with van der Waals surface area (Å²) in [7, 11) is 0. The lowest BCUT2D eigenvalue weighted by atomic mass is 10.1. The molecule has 0 aliphatic rings. The number of fused-ring (bicyclic) bond motifs is 1. The van der Waals surface area contributed by atoms with Crippen molar-refractivity contribution in [2.45, 2.75) is 19.9 Å². The van der Waals surface area contributed by atoms with Crippen molar-refractivity contribution >= 4 is 40.2 Å². The summed E-state index contributed by atoms with van der Waals surface area (Å²) >= 11 is 6.00. The first-order chi connectivity index (χ1) is 11.4. The third-order valence-corrected chi connectivity index (χ3v) is 3.68. The van der Waals surface area contributed by atoms with Crippen molar-refractivity contribution in [3.63, 3.8) is 0 Å². The number of hydrogen-bond donors (Lipinski definition) is 3. The fraction of sp³-hybridized carbons (Fsp3) is 0.188. The van der Waals surface area contributed by atoms with Crippen LogP contribution < -0.4 is 16.2 Å². The first-order valence-corrected chi connectivity index (χ1v) is 7.62. The largest absolute Gasteiger partial charge is 0.430 e. The minimum absolute atomic E-state index is 0.205. The lowest BCUT2D eigenvalue weighted by Gasteiger charge is -2.12. The molecule has 0 fully saturated rings. The third-order valence-electron chi connectivity index (χ3n) is 3.45. The van der Waals surface area contributed by atoms with Gasteiger partial charge in [0.2, 0.25) is 5.91 Å². The van der Waals surface area contributed by atoms with E-state index in [1.54, 1.807) is 24.3 Å². The van der Waals surface area contributed by atoms with Gasteiger partial charge >= 0.3 is 0 Å². The number of aromatic nitrogens is 2. The van der Waals surface area contributed by atoms with Gasteiger partial charge in [-0.25, -0.2) is 0 Å². The SMILES string of the molecule is CC(=O)Nc1coc(N[C@H](C)c2cc3cc(Cl)ccc3[nH]c2=O)n1. The molecule has 0 bridgehead atoms. The Kier molecular flexibility index (Phi) is 4.26. The van der Waals surface area contributed by atoms with Gasteiger partial charge in [-0.05, 0) is 31.2 Å². The molecule has 2 heterocycles. The Labute approximate surface area is 142 Å². The second kappa shape index (κ2) is 6.37. The monoisotopic (exact) mass is 346 g/mol. The summed E-state index contributed by atoms with van der Waals surface area (Å²) in [6, 6.07) is 6.88. The third kappa shape index (κ3) is 3.41. The molecule has 24 heavy (non-hydrogen) atoms. The predicted molar refractivity (Wildman–Crippen MR) is 92.4 cm³/mol. The minimum atomic E-state index is -0.360. The molecule has 0 radical (unpaired) electrons. The Balaban J connectivity index is 1.86. The lowest BCUT2D eigenvalue weighted by molar-refractivity contribution is -0.114. The van der Waals surface area contributed by atoms with Gasteiger partial charge < -0.3 is 20.0 Å². The highest BCUT2D eigenvalue weighted by Gasteiger charge is 2.14. The summed E-state index contributed by atoms with van der Waals surface area (Å²) in [4.78, 5) is 30.2. The van der Waals surface area contributed by atoms with Crippen LogP contribution in [0.1, 0.15) is 25.5 Å². The standard InChI is InChI=1S/C16H15ClN4O3/c1-8(18-16-21-14(7-24-16)19-9(2)22)12-6-10-5-11(17)3-4-13(10)20-15(12)23/h3-8H,1-2H3,(H,18,21)(H,19,22)(H,20,23)/t8-/m1/s1. The summed E-state index contributed by atoms with van der Waals surface area (Å²) in [6.45, 7) is 3.19. The number of aromatic amines is 1. The number of carbonyl (C=O) groups is 1. The predicted octanol–water partition coefficient (Wildman–Crippen LogP) is 3.30. The number of anilines is 2. The Bertz CT molecular complexity index is 963. The molecular weight excluding hydrogens is 332 g/mol. The molecule has 3 N–H and O–H groups in total. The molecule has 3 rings (SSSR count). The highest BCUT2D eigenvalue weighted by molar-refractivity contribution is 6.31. The zero-order valence-electron chi connectivity index (χ0n) is 13.0. The van der Waals surface area contributed by atoms with E-state index in [-0.39, 0.29) is 23.5 Å². The van der Waals surface area contributed by atoms with Crippen molar-refractivity contribution in [3.05, 3.63) is 51.5 Å². The van der Waals surface area contributed by atoms with Gasteiger partial charge in [-0.3, -0.25) is 9.59 Å². The van der Waals surface area contributed by atoms with Gasteiger partial charge in [-0.1, -0.05) is 11.6 Å². The van der Waals surface area contributed by atoms with Crippen LogP contribution >= 0.6 is 11.6 Å². The zero-order chi connectivity index (χ0) is 17.3. The second-order valence-electron chi connectivity index (χ2n) is 5.37. The van der Waals surface area contributed by atoms with E-state index in [1.807, 2.05) is 6.92 Å². The van der Waals surface area contributed by atoms with Crippen molar-refractivity contribution in [2.24, 2.45) is 0 Å². The van der Waals surface area contributed by atoms with E-state index in [9.17, 15) is 9.59 Å². The number of nitrogens with one attached hydrogen (secondary N) is 3. The quantitative estimate of drug-likeness (QED) is 0.673. The van der Waals surface area contributed by atoms with Crippen molar-refractivity contribution in [3.8, 4) is 0 Å². The van der Waals surface area contributed by atoms with Gasteiger partial charge in [-0.2, -0.15) is 4.98 Å². The minimum Gasteiger partial charge on any atom is -0.430 e. The number of pyridine rings is 1. The Hall–Kier alpha value is -2.80. The number of hydrogen-bond acceptors (Lipinski definition) is 5. The first-order valence-electron chi connectivity index (χ1n) is 7.24.